The number of hydrogen-bond acceptors (Lipinski definition) is 3. The van der Waals surface area contributed by atoms with E-state index >= 15 is 0 Å². The van der Waals surface area contributed by atoms with E-state index in [9.17, 15) is 0 Å². The molecule has 6 heavy (non-hydrogen) atoms. The van der Waals surface area contributed by atoms with E-state index in [2.05, 4.69) is 0 Å². The molecule has 0 aliphatic rings. The van der Waals surface area contributed by atoms with E-state index in [1.165, 1.54) is 0 Å². The smallest absolute Gasteiger partial charge is 0.907 e. The van der Waals surface area contributed by atoms with Crippen LogP contribution in [0.15, 0.2) is 0 Å². The Morgan fingerprint density at radius 3 is 1.00 bits per heavy atom. The van der Waals surface area contributed by atoms with Crippen LogP contribution in [0.3, 0.4) is 0 Å². The van der Waals surface area contributed by atoms with Crippen molar-refractivity contribution in [2.45, 2.75) is 0 Å². The van der Waals surface area contributed by atoms with Crippen LogP contribution in [-0.2, 0) is 0 Å². The average molecular weight is 475 g/mol. The molecule has 0 saturated carbocycles. The Labute approximate surface area is 75.2 Å². The first-order chi connectivity index (χ1) is 1.73. The second-order valence-corrected chi connectivity index (χ2v) is 0.289. The van der Waals surface area contributed by atoms with E-state index in [0.29, 0.717) is 0 Å². The Morgan fingerprint density at radius 1 is 1.00 bits per heavy atom. The van der Waals surface area contributed by atoms with Crippen LogP contribution in [0.4, 0.5) is 0 Å². The van der Waals surface area contributed by atoms with Crippen LogP contribution in [0, 0.1) is 0 Å². The first-order valence-electron chi connectivity index (χ1n) is 0.707. The third kappa shape index (κ3) is 42.4. The minimum Gasteiger partial charge on any atom is -0.907 e. The molecule has 0 bridgehead atoms. The van der Waals surface area contributed by atoms with Crippen molar-refractivity contribution in [2.24, 2.45) is 0 Å². The van der Waals surface area contributed by atoms with Crippen molar-refractivity contribution in [1.82, 2.24) is 0 Å². The maximum atomic E-state index is 8.42. The molecule has 0 aromatic heterocycles. The molecule has 0 amide bonds. The van der Waals surface area contributed by atoms with E-state index in [4.69, 9.17) is 15.1 Å². The maximum absolute atomic E-state index is 8.42. The van der Waals surface area contributed by atoms with E-state index in [1.54, 1.807) is 0 Å². The van der Waals surface area contributed by atoms with Crippen LogP contribution in [0.5, 0.6) is 0 Å². The molecule has 0 N–H and O–H groups in total. The molecule has 0 atom stereocenters. The van der Waals surface area contributed by atoms with Gasteiger partial charge in [0, 0.05) is 27.3 Å². The summed E-state index contributed by atoms with van der Waals surface area (Å²) in [6, 6.07) is 0. The molecule has 0 heterocycles. The molecule has 6 heteroatoms. The van der Waals surface area contributed by atoms with Gasteiger partial charge in [0.15, 0.2) is 0 Å². The molecule has 0 unspecified atom stereocenters. The summed E-state index contributed by atoms with van der Waals surface area (Å²) in [5.74, 6) is 0. The van der Waals surface area contributed by atoms with Crippen molar-refractivity contribution < 1.29 is 15.1 Å². The molecule has 0 saturated heterocycles. The molecular formula is BBiO3Pb. The van der Waals surface area contributed by atoms with Crippen molar-refractivity contribution >= 4 is 60.8 Å². The SMILES string of the molecule is [Bi+3].[O-]B([O-])[O-].[Pb]. The molecule has 0 aliphatic heterocycles. The summed E-state index contributed by atoms with van der Waals surface area (Å²) in [4.78, 5) is 0. The molecule has 30 valence electrons. The minimum absolute atomic E-state index is 0. The fourth-order valence-electron chi connectivity index (χ4n) is 0. The molecule has 0 aromatic rings. The van der Waals surface area contributed by atoms with Crippen molar-refractivity contribution in [2.75, 3.05) is 0 Å². The minimum atomic E-state index is -2.92. The van der Waals surface area contributed by atoms with E-state index in [-0.39, 0.29) is 53.5 Å². The maximum Gasteiger partial charge on any atom is 3.00 e. The number of hydrogen-bond donors (Lipinski definition) is 0. The molecule has 0 aliphatic carbocycles. The summed E-state index contributed by atoms with van der Waals surface area (Å²) in [6.45, 7) is 0. The summed E-state index contributed by atoms with van der Waals surface area (Å²) in [6.07, 6.45) is 0. The Kier molecular flexibility index (Phi) is 25.8. The molecule has 6 radical (unpaired) electrons. The van der Waals surface area contributed by atoms with Crippen LogP contribution in [0.25, 0.3) is 0 Å². The Morgan fingerprint density at radius 2 is 1.00 bits per heavy atom. The van der Waals surface area contributed by atoms with Gasteiger partial charge in [-0.25, -0.2) is 0 Å². The van der Waals surface area contributed by atoms with E-state index < -0.39 is 7.32 Å². The predicted molar refractivity (Wildman–Crippen MR) is 17.3 cm³/mol. The largest absolute Gasteiger partial charge is 3.00 e. The summed E-state index contributed by atoms with van der Waals surface area (Å²) in [5.41, 5.74) is 0. The van der Waals surface area contributed by atoms with Gasteiger partial charge in [0.25, 0.3) is 0 Å². The van der Waals surface area contributed by atoms with Crippen LogP contribution >= 0.6 is 0 Å². The van der Waals surface area contributed by atoms with Gasteiger partial charge in [-0.05, 0) is 0 Å². The summed E-state index contributed by atoms with van der Waals surface area (Å²) in [5, 5.41) is 25.2. The zero-order valence-corrected chi connectivity index (χ0v) is 10.1. The van der Waals surface area contributed by atoms with E-state index in [0.717, 1.165) is 0 Å². The van der Waals surface area contributed by atoms with Gasteiger partial charge in [-0.1, -0.05) is 0 Å². The second-order valence-electron chi connectivity index (χ2n) is 0.289. The van der Waals surface area contributed by atoms with Crippen molar-refractivity contribution in [3.8, 4) is 0 Å². The van der Waals surface area contributed by atoms with Crippen LogP contribution in [-0.4, -0.2) is 60.8 Å². The normalized spacial score (nSPS) is 4.50. The second kappa shape index (κ2) is 9.89. The Balaban J connectivity index is -0.0000000450. The Hall–Kier alpha value is 1.75. The van der Waals surface area contributed by atoms with Gasteiger partial charge >= 0.3 is 26.2 Å². The van der Waals surface area contributed by atoms with Gasteiger partial charge in [0.2, 0.25) is 0 Å². The van der Waals surface area contributed by atoms with Gasteiger partial charge in [0.1, 0.15) is 0 Å². The first-order valence-corrected chi connectivity index (χ1v) is 0.707. The fraction of sp³-hybridized carbons (Fsp3) is 0. The van der Waals surface area contributed by atoms with Crippen molar-refractivity contribution in [3.05, 3.63) is 0 Å². The third-order valence-electron chi connectivity index (χ3n) is 0. The fourth-order valence-corrected chi connectivity index (χ4v) is 0. The standard InChI is InChI=1S/BO3.Bi.Pb/c2-1(3)4;;/q-3;+3;. The van der Waals surface area contributed by atoms with Crippen LogP contribution in [0.1, 0.15) is 0 Å². The molecule has 0 rings (SSSR count). The molecule has 0 aromatic carbocycles. The molecule has 0 fully saturated rings. The summed E-state index contributed by atoms with van der Waals surface area (Å²) < 4.78 is 0. The van der Waals surface area contributed by atoms with Gasteiger partial charge in [-0.2, -0.15) is 0 Å². The zero-order valence-electron chi connectivity index (χ0n) is 2.75. The topological polar surface area (TPSA) is 69.2 Å². The van der Waals surface area contributed by atoms with Gasteiger partial charge in [-0.3, -0.25) is 7.32 Å². The Bertz CT molecular complexity index is 15.5. The molecular weight excluding hydrogens is 475 g/mol. The molecule has 0 spiro atoms. The predicted octanol–water partition coefficient (Wildman–Crippen LogP) is -4.71. The monoisotopic (exact) mass is 476 g/mol. The number of rotatable bonds is 0. The zero-order chi connectivity index (χ0) is 3.58. The quantitative estimate of drug-likeness (QED) is 0.331. The summed E-state index contributed by atoms with van der Waals surface area (Å²) >= 11 is 0. The molecule has 3 nitrogen and oxygen atoms in total. The summed E-state index contributed by atoms with van der Waals surface area (Å²) in [7, 11) is -2.92. The first kappa shape index (κ1) is 15.7. The van der Waals surface area contributed by atoms with Crippen molar-refractivity contribution in [3.63, 3.8) is 0 Å². The third-order valence-corrected chi connectivity index (χ3v) is 0. The van der Waals surface area contributed by atoms with E-state index in [1.807, 2.05) is 0 Å². The van der Waals surface area contributed by atoms with Gasteiger partial charge in [0.05, 0.1) is 0 Å². The van der Waals surface area contributed by atoms with Crippen LogP contribution < -0.4 is 15.1 Å². The van der Waals surface area contributed by atoms with Crippen molar-refractivity contribution in [1.29, 1.82) is 0 Å². The van der Waals surface area contributed by atoms with Gasteiger partial charge in [-0.15, -0.1) is 0 Å². The van der Waals surface area contributed by atoms with Gasteiger partial charge < -0.3 is 15.1 Å². The van der Waals surface area contributed by atoms with Crippen LogP contribution in [0.2, 0.25) is 0 Å². The average Bonchev–Trinajstić information content (AvgIpc) is 0.811.